The number of carbonyl (C=O) groups excluding carboxylic acids is 1. The monoisotopic (exact) mass is 304 g/mol. The molecule has 1 amide bonds. The fraction of sp³-hybridized carbons (Fsp3) is 0.500. The first-order valence-corrected chi connectivity index (χ1v) is 6.43. The Bertz CT molecular complexity index is 513. The van der Waals surface area contributed by atoms with Crippen LogP contribution >= 0.6 is 0 Å². The fourth-order valence-electron chi connectivity index (χ4n) is 1.66. The Morgan fingerprint density at radius 2 is 1.95 bits per heavy atom. The van der Waals surface area contributed by atoms with E-state index in [2.05, 4.69) is 5.32 Å². The molecule has 0 radical (unpaired) electrons. The molecule has 0 saturated carbocycles. The van der Waals surface area contributed by atoms with Crippen molar-refractivity contribution in [2.24, 2.45) is 5.73 Å². The molecule has 118 valence electrons. The first-order chi connectivity index (χ1) is 9.55. The van der Waals surface area contributed by atoms with Gasteiger partial charge in [-0.05, 0) is 45.5 Å². The molecule has 0 bridgehead atoms. The molecule has 0 heterocycles. The normalized spacial score (nSPS) is 12.1. The van der Waals surface area contributed by atoms with Gasteiger partial charge in [-0.2, -0.15) is 0 Å². The summed E-state index contributed by atoms with van der Waals surface area (Å²) < 4.78 is 46.1. The van der Waals surface area contributed by atoms with E-state index in [-0.39, 0.29) is 12.2 Å². The highest BCUT2D eigenvalue weighted by Gasteiger charge is 2.34. The van der Waals surface area contributed by atoms with Crippen LogP contribution in [0.5, 0.6) is 0 Å². The smallest absolute Gasteiger partial charge is 0.412 e. The van der Waals surface area contributed by atoms with E-state index in [9.17, 15) is 18.0 Å². The number of rotatable bonds is 4. The van der Waals surface area contributed by atoms with Crippen LogP contribution in [0.25, 0.3) is 0 Å². The molecule has 0 saturated heterocycles. The van der Waals surface area contributed by atoms with Gasteiger partial charge < -0.3 is 10.5 Å². The molecule has 0 fully saturated rings. The number of benzene rings is 1. The van der Waals surface area contributed by atoms with Crippen molar-refractivity contribution < 1.29 is 22.7 Å². The lowest BCUT2D eigenvalue weighted by molar-refractivity contribution is -0.0102. The van der Waals surface area contributed by atoms with Crippen LogP contribution in [0.2, 0.25) is 0 Å². The number of carbonyl (C=O) groups is 1. The predicted octanol–water partition coefficient (Wildman–Crippen LogP) is 3.61. The second-order valence-electron chi connectivity index (χ2n) is 5.56. The zero-order valence-electron chi connectivity index (χ0n) is 12.2. The van der Waals surface area contributed by atoms with Crippen LogP contribution in [-0.4, -0.2) is 18.2 Å². The Kier molecular flexibility index (Phi) is 5.22. The highest BCUT2D eigenvalue weighted by atomic mass is 19.3. The summed E-state index contributed by atoms with van der Waals surface area (Å²) >= 11 is 0. The second-order valence-corrected chi connectivity index (χ2v) is 5.56. The van der Waals surface area contributed by atoms with Crippen LogP contribution in [0.15, 0.2) is 18.2 Å². The fourth-order valence-corrected chi connectivity index (χ4v) is 1.66. The molecule has 0 spiro atoms. The van der Waals surface area contributed by atoms with Gasteiger partial charge in [0.1, 0.15) is 11.4 Å². The Morgan fingerprint density at radius 1 is 1.33 bits per heavy atom. The highest BCUT2D eigenvalue weighted by Crippen LogP contribution is 2.36. The maximum Gasteiger partial charge on any atom is 0.412 e. The van der Waals surface area contributed by atoms with Gasteiger partial charge in [0.05, 0.1) is 5.69 Å². The maximum atomic E-state index is 13.9. The summed E-state index contributed by atoms with van der Waals surface area (Å²) in [5, 5.41) is 2.21. The highest BCUT2D eigenvalue weighted by molar-refractivity contribution is 5.86. The summed E-state index contributed by atoms with van der Waals surface area (Å²) in [5.74, 6) is -4.17. The average Bonchev–Trinajstić information content (AvgIpc) is 2.28. The topological polar surface area (TPSA) is 64.3 Å². The van der Waals surface area contributed by atoms with Crippen molar-refractivity contribution in [1.29, 1.82) is 0 Å². The van der Waals surface area contributed by atoms with Crippen LogP contribution in [-0.2, 0) is 10.7 Å². The zero-order valence-corrected chi connectivity index (χ0v) is 12.2. The lowest BCUT2D eigenvalue weighted by Gasteiger charge is -2.22. The SMILES string of the molecule is CC(C)(C)OC(=O)Nc1ccc(F)cc1C(F)(F)CCN. The molecule has 7 heteroatoms. The van der Waals surface area contributed by atoms with Gasteiger partial charge in [0.15, 0.2) is 0 Å². The van der Waals surface area contributed by atoms with Gasteiger partial charge in [-0.25, -0.2) is 18.0 Å². The van der Waals surface area contributed by atoms with Crippen molar-refractivity contribution in [1.82, 2.24) is 0 Å². The minimum atomic E-state index is -3.35. The number of ether oxygens (including phenoxy) is 1. The van der Waals surface area contributed by atoms with Crippen molar-refractivity contribution in [3.8, 4) is 0 Å². The second kappa shape index (κ2) is 6.34. The predicted molar refractivity (Wildman–Crippen MR) is 73.8 cm³/mol. The maximum absolute atomic E-state index is 13.9. The average molecular weight is 304 g/mol. The summed E-state index contributed by atoms with van der Waals surface area (Å²) in [6.45, 7) is 4.65. The van der Waals surface area contributed by atoms with E-state index < -0.39 is 35.4 Å². The number of alkyl halides is 2. The molecule has 0 atom stereocenters. The number of hydrogen-bond acceptors (Lipinski definition) is 3. The molecule has 4 nitrogen and oxygen atoms in total. The summed E-state index contributed by atoms with van der Waals surface area (Å²) in [6.07, 6.45) is -1.54. The van der Waals surface area contributed by atoms with Gasteiger partial charge in [-0.1, -0.05) is 0 Å². The van der Waals surface area contributed by atoms with Crippen molar-refractivity contribution in [3.63, 3.8) is 0 Å². The van der Waals surface area contributed by atoms with E-state index in [1.54, 1.807) is 20.8 Å². The number of hydrogen-bond donors (Lipinski definition) is 2. The minimum absolute atomic E-state index is 0.205. The quantitative estimate of drug-likeness (QED) is 0.893. The zero-order chi connectivity index (χ0) is 16.3. The third kappa shape index (κ3) is 5.26. The van der Waals surface area contributed by atoms with Crippen molar-refractivity contribution in [2.75, 3.05) is 11.9 Å². The van der Waals surface area contributed by atoms with Crippen LogP contribution in [0.1, 0.15) is 32.8 Å². The van der Waals surface area contributed by atoms with Gasteiger partial charge >= 0.3 is 6.09 Å². The molecule has 0 aliphatic rings. The first kappa shape index (κ1) is 17.3. The molecule has 0 aliphatic heterocycles. The van der Waals surface area contributed by atoms with E-state index in [1.165, 1.54) is 0 Å². The molecular formula is C14H19F3N2O2. The van der Waals surface area contributed by atoms with Gasteiger partial charge in [-0.15, -0.1) is 0 Å². The van der Waals surface area contributed by atoms with Crippen LogP contribution in [0.4, 0.5) is 23.7 Å². The third-order valence-corrected chi connectivity index (χ3v) is 2.47. The summed E-state index contributed by atoms with van der Waals surface area (Å²) in [7, 11) is 0. The summed E-state index contributed by atoms with van der Waals surface area (Å²) in [6, 6.07) is 2.73. The molecule has 3 N–H and O–H groups in total. The number of anilines is 1. The number of amides is 1. The van der Waals surface area contributed by atoms with Gasteiger partial charge in [0, 0.05) is 12.0 Å². The summed E-state index contributed by atoms with van der Waals surface area (Å²) in [4.78, 5) is 11.7. The molecule has 1 rings (SSSR count). The Balaban J connectivity index is 3.05. The Labute approximate surface area is 121 Å². The van der Waals surface area contributed by atoms with E-state index >= 15 is 0 Å². The largest absolute Gasteiger partial charge is 0.444 e. The molecular weight excluding hydrogens is 285 g/mol. The van der Waals surface area contributed by atoms with E-state index in [0.29, 0.717) is 6.07 Å². The van der Waals surface area contributed by atoms with Crippen LogP contribution in [0.3, 0.4) is 0 Å². The Morgan fingerprint density at radius 3 is 2.48 bits per heavy atom. The van der Waals surface area contributed by atoms with Crippen molar-refractivity contribution >= 4 is 11.8 Å². The van der Waals surface area contributed by atoms with Crippen LogP contribution < -0.4 is 11.1 Å². The molecule has 0 aromatic heterocycles. The van der Waals surface area contributed by atoms with Gasteiger partial charge in [-0.3, -0.25) is 5.32 Å². The van der Waals surface area contributed by atoms with E-state index in [0.717, 1.165) is 12.1 Å². The molecule has 0 aliphatic carbocycles. The van der Waals surface area contributed by atoms with Crippen molar-refractivity contribution in [2.45, 2.75) is 38.7 Å². The lowest BCUT2D eigenvalue weighted by atomic mass is 10.0. The number of nitrogens with one attached hydrogen (secondary N) is 1. The van der Waals surface area contributed by atoms with E-state index in [1.807, 2.05) is 0 Å². The molecule has 1 aromatic rings. The number of halogens is 3. The minimum Gasteiger partial charge on any atom is -0.444 e. The Hall–Kier alpha value is -1.76. The third-order valence-electron chi connectivity index (χ3n) is 2.47. The lowest BCUT2D eigenvalue weighted by Crippen LogP contribution is -2.28. The van der Waals surface area contributed by atoms with E-state index in [4.69, 9.17) is 10.5 Å². The number of nitrogens with two attached hydrogens (primary N) is 1. The van der Waals surface area contributed by atoms with Crippen LogP contribution in [0, 0.1) is 5.82 Å². The van der Waals surface area contributed by atoms with Gasteiger partial charge in [0.2, 0.25) is 0 Å². The molecule has 0 unspecified atom stereocenters. The summed E-state index contributed by atoms with van der Waals surface area (Å²) in [5.41, 5.74) is 3.53. The first-order valence-electron chi connectivity index (χ1n) is 6.43. The standard InChI is InChI=1S/C14H19F3N2O2/c1-13(2,3)21-12(20)19-11-5-4-9(15)8-10(11)14(16,17)6-7-18/h4-5,8H,6-7,18H2,1-3H3,(H,19,20). The van der Waals surface area contributed by atoms with Crippen molar-refractivity contribution in [3.05, 3.63) is 29.6 Å². The van der Waals surface area contributed by atoms with Gasteiger partial charge in [0.25, 0.3) is 5.92 Å². The molecule has 1 aromatic carbocycles. The molecule has 21 heavy (non-hydrogen) atoms.